The Morgan fingerprint density at radius 1 is 1.50 bits per heavy atom. The van der Waals surface area contributed by atoms with Crippen molar-refractivity contribution in [3.05, 3.63) is 29.8 Å². The Kier molecular flexibility index (Phi) is 4.53. The van der Waals surface area contributed by atoms with Gasteiger partial charge in [-0.2, -0.15) is 11.8 Å². The molecule has 0 fully saturated rings. The van der Waals surface area contributed by atoms with E-state index in [9.17, 15) is 9.90 Å². The molecule has 1 atom stereocenters. The van der Waals surface area contributed by atoms with Gasteiger partial charge in [-0.3, -0.25) is 4.79 Å². The molecular formula is C14H19NO2S. The average molecular weight is 265 g/mol. The average Bonchev–Trinajstić information content (AvgIpc) is 2.74. The molecule has 1 heterocycles. The number of fused-ring (bicyclic) bond motifs is 1. The van der Waals surface area contributed by atoms with E-state index in [0.717, 1.165) is 35.7 Å². The summed E-state index contributed by atoms with van der Waals surface area (Å²) in [6.07, 6.45) is 1.11. The quantitative estimate of drug-likeness (QED) is 0.803. The summed E-state index contributed by atoms with van der Waals surface area (Å²) in [5.41, 5.74) is 2.07. The highest BCUT2D eigenvalue weighted by Gasteiger charge is 2.32. The zero-order valence-corrected chi connectivity index (χ0v) is 11.4. The maximum atomic E-state index is 11.3. The highest BCUT2D eigenvalue weighted by atomic mass is 32.2. The van der Waals surface area contributed by atoms with Crippen molar-refractivity contribution in [2.24, 2.45) is 0 Å². The zero-order chi connectivity index (χ0) is 13.0. The van der Waals surface area contributed by atoms with Crippen molar-refractivity contribution < 1.29 is 9.90 Å². The number of hydrogen-bond donors (Lipinski definition) is 1. The van der Waals surface area contributed by atoms with Gasteiger partial charge in [0.2, 0.25) is 0 Å². The van der Waals surface area contributed by atoms with Gasteiger partial charge in [0.25, 0.3) is 0 Å². The summed E-state index contributed by atoms with van der Waals surface area (Å²) < 4.78 is 0. The van der Waals surface area contributed by atoms with Crippen molar-refractivity contribution in [2.75, 3.05) is 29.5 Å². The predicted octanol–water partition coefficient (Wildman–Crippen LogP) is 2.82. The minimum absolute atomic E-state index is 0.361. The molecule has 1 unspecified atom stereocenters. The SMILES string of the molecule is CCSCCCN1CC(C(=O)O)c2ccccc21. The molecule has 0 bridgehead atoms. The minimum atomic E-state index is -0.715. The number of nitrogens with zero attached hydrogens (tertiary/aromatic N) is 1. The highest BCUT2D eigenvalue weighted by molar-refractivity contribution is 7.99. The van der Waals surface area contributed by atoms with Gasteiger partial charge in [0, 0.05) is 18.8 Å². The van der Waals surface area contributed by atoms with Crippen molar-refractivity contribution >= 4 is 23.4 Å². The van der Waals surface area contributed by atoms with Crippen LogP contribution >= 0.6 is 11.8 Å². The van der Waals surface area contributed by atoms with Crippen LogP contribution in [0.15, 0.2) is 24.3 Å². The van der Waals surface area contributed by atoms with Crippen LogP contribution in [0.2, 0.25) is 0 Å². The van der Waals surface area contributed by atoms with Crippen LogP contribution in [-0.4, -0.2) is 35.7 Å². The lowest BCUT2D eigenvalue weighted by molar-refractivity contribution is -0.138. The van der Waals surface area contributed by atoms with Gasteiger partial charge >= 0.3 is 5.97 Å². The van der Waals surface area contributed by atoms with E-state index in [4.69, 9.17) is 0 Å². The monoisotopic (exact) mass is 265 g/mol. The number of carboxylic acids is 1. The normalized spacial score (nSPS) is 17.8. The second-order valence-corrected chi connectivity index (χ2v) is 5.84. The molecule has 4 heteroatoms. The lowest BCUT2D eigenvalue weighted by atomic mass is 10.0. The van der Waals surface area contributed by atoms with Crippen LogP contribution in [0.3, 0.4) is 0 Å². The summed E-state index contributed by atoms with van der Waals surface area (Å²) in [7, 11) is 0. The molecule has 3 nitrogen and oxygen atoms in total. The summed E-state index contributed by atoms with van der Waals surface area (Å²) >= 11 is 1.94. The highest BCUT2D eigenvalue weighted by Crippen LogP contribution is 2.36. The van der Waals surface area contributed by atoms with Gasteiger partial charge in [0.1, 0.15) is 5.92 Å². The number of para-hydroxylation sites is 1. The van der Waals surface area contributed by atoms with E-state index in [1.807, 2.05) is 36.0 Å². The second kappa shape index (κ2) is 6.14. The standard InChI is InChI=1S/C14H19NO2S/c1-2-18-9-5-8-15-10-12(14(16)17)11-6-3-4-7-13(11)15/h3-4,6-7,12H,2,5,8-10H2,1H3,(H,16,17). The van der Waals surface area contributed by atoms with Gasteiger partial charge in [0.15, 0.2) is 0 Å². The fraction of sp³-hybridized carbons (Fsp3) is 0.500. The van der Waals surface area contributed by atoms with Crippen LogP contribution in [0.1, 0.15) is 24.8 Å². The Bertz CT molecular complexity index is 422. The molecule has 1 aromatic carbocycles. The van der Waals surface area contributed by atoms with Crippen LogP contribution in [0.4, 0.5) is 5.69 Å². The van der Waals surface area contributed by atoms with Crippen molar-refractivity contribution in [3.8, 4) is 0 Å². The zero-order valence-electron chi connectivity index (χ0n) is 10.6. The molecule has 2 rings (SSSR count). The number of carbonyl (C=O) groups is 1. The molecule has 1 aromatic rings. The lowest BCUT2D eigenvalue weighted by Gasteiger charge is -2.19. The van der Waals surface area contributed by atoms with Gasteiger partial charge in [-0.25, -0.2) is 0 Å². The molecule has 0 saturated carbocycles. The van der Waals surface area contributed by atoms with Crippen LogP contribution in [0, 0.1) is 0 Å². The Hall–Kier alpha value is -1.16. The first-order chi connectivity index (χ1) is 8.74. The van der Waals surface area contributed by atoms with Gasteiger partial charge in [-0.05, 0) is 29.6 Å². The van der Waals surface area contributed by atoms with Gasteiger partial charge in [0.05, 0.1) is 0 Å². The number of thioether (sulfide) groups is 1. The third-order valence-corrected chi connectivity index (χ3v) is 4.26. The van der Waals surface area contributed by atoms with E-state index in [1.54, 1.807) is 0 Å². The van der Waals surface area contributed by atoms with Crippen LogP contribution in [0.5, 0.6) is 0 Å². The largest absolute Gasteiger partial charge is 0.481 e. The molecule has 98 valence electrons. The maximum absolute atomic E-state index is 11.3. The van der Waals surface area contributed by atoms with E-state index in [0.29, 0.717) is 6.54 Å². The van der Waals surface area contributed by atoms with E-state index in [-0.39, 0.29) is 5.92 Å². The summed E-state index contributed by atoms with van der Waals surface area (Å²) in [5.74, 6) is 1.22. The topological polar surface area (TPSA) is 40.5 Å². The molecule has 1 aliphatic rings. The molecule has 0 aliphatic carbocycles. The van der Waals surface area contributed by atoms with Gasteiger partial charge < -0.3 is 10.0 Å². The number of rotatable bonds is 6. The Balaban J connectivity index is 2.04. The van der Waals surface area contributed by atoms with E-state index in [2.05, 4.69) is 11.8 Å². The third kappa shape index (κ3) is 2.80. The van der Waals surface area contributed by atoms with Crippen molar-refractivity contribution in [1.29, 1.82) is 0 Å². The Morgan fingerprint density at radius 2 is 2.28 bits per heavy atom. The molecule has 18 heavy (non-hydrogen) atoms. The number of benzene rings is 1. The smallest absolute Gasteiger partial charge is 0.312 e. The summed E-state index contributed by atoms with van der Waals surface area (Å²) in [5, 5.41) is 9.26. The third-order valence-electron chi connectivity index (χ3n) is 3.27. The summed E-state index contributed by atoms with van der Waals surface area (Å²) in [6.45, 7) is 3.73. The number of carboxylic acid groups (broad SMARTS) is 1. The van der Waals surface area contributed by atoms with Gasteiger partial charge in [-0.1, -0.05) is 25.1 Å². The predicted molar refractivity (Wildman–Crippen MR) is 76.6 cm³/mol. The molecule has 0 aromatic heterocycles. The number of aliphatic carboxylic acids is 1. The van der Waals surface area contributed by atoms with Crippen LogP contribution in [-0.2, 0) is 4.79 Å². The molecule has 0 saturated heterocycles. The molecule has 0 spiro atoms. The second-order valence-electron chi connectivity index (χ2n) is 4.45. The minimum Gasteiger partial charge on any atom is -0.481 e. The lowest BCUT2D eigenvalue weighted by Crippen LogP contribution is -2.25. The molecule has 1 aliphatic heterocycles. The summed E-state index contributed by atoms with van der Waals surface area (Å²) in [4.78, 5) is 13.5. The number of hydrogen-bond acceptors (Lipinski definition) is 3. The Morgan fingerprint density at radius 3 is 3.00 bits per heavy atom. The molecule has 0 amide bonds. The first-order valence-electron chi connectivity index (χ1n) is 6.38. The van der Waals surface area contributed by atoms with Crippen LogP contribution in [0.25, 0.3) is 0 Å². The Labute approximate surface area is 112 Å². The maximum Gasteiger partial charge on any atom is 0.312 e. The molecule has 1 N–H and O–H groups in total. The van der Waals surface area contributed by atoms with E-state index < -0.39 is 5.97 Å². The van der Waals surface area contributed by atoms with Crippen molar-refractivity contribution in [3.63, 3.8) is 0 Å². The first-order valence-corrected chi connectivity index (χ1v) is 7.54. The van der Waals surface area contributed by atoms with Crippen molar-refractivity contribution in [2.45, 2.75) is 19.3 Å². The first kappa shape index (κ1) is 13.3. The van der Waals surface area contributed by atoms with Gasteiger partial charge in [-0.15, -0.1) is 0 Å². The fourth-order valence-corrected chi connectivity index (χ4v) is 3.03. The van der Waals surface area contributed by atoms with E-state index in [1.165, 1.54) is 0 Å². The van der Waals surface area contributed by atoms with Crippen LogP contribution < -0.4 is 4.90 Å². The number of anilines is 1. The molecule has 0 radical (unpaired) electrons. The fourth-order valence-electron chi connectivity index (χ4n) is 2.41. The van der Waals surface area contributed by atoms with E-state index >= 15 is 0 Å². The molecular weight excluding hydrogens is 246 g/mol. The van der Waals surface area contributed by atoms with Crippen molar-refractivity contribution in [1.82, 2.24) is 0 Å². The summed E-state index contributed by atoms with van der Waals surface area (Å²) in [6, 6.07) is 7.88.